The smallest absolute Gasteiger partial charge is 0.0946 e. The fourth-order valence-electron chi connectivity index (χ4n) is 1.58. The summed E-state index contributed by atoms with van der Waals surface area (Å²) in [7, 11) is 1.75. The number of rotatable bonds is 7. The minimum absolute atomic E-state index is 0.250. The number of nitrogens with zero attached hydrogens (tertiary/aromatic N) is 2. The van der Waals surface area contributed by atoms with Crippen molar-refractivity contribution < 1.29 is 4.74 Å². The Morgan fingerprint density at radius 2 is 2.12 bits per heavy atom. The van der Waals surface area contributed by atoms with E-state index in [-0.39, 0.29) is 6.10 Å². The van der Waals surface area contributed by atoms with Crippen LogP contribution in [0.25, 0.3) is 0 Å². The van der Waals surface area contributed by atoms with Crippen molar-refractivity contribution in [3.05, 3.63) is 18.7 Å². The average Bonchev–Trinajstić information content (AvgIpc) is 2.77. The van der Waals surface area contributed by atoms with Crippen molar-refractivity contribution in [2.45, 2.75) is 39.5 Å². The monoisotopic (exact) mass is 225 g/mol. The van der Waals surface area contributed by atoms with Gasteiger partial charge in [0.1, 0.15) is 0 Å². The van der Waals surface area contributed by atoms with E-state index in [0.717, 1.165) is 13.1 Å². The van der Waals surface area contributed by atoms with Crippen molar-refractivity contribution in [1.82, 2.24) is 14.9 Å². The van der Waals surface area contributed by atoms with Crippen LogP contribution in [0.2, 0.25) is 0 Å². The van der Waals surface area contributed by atoms with Gasteiger partial charge in [-0.25, -0.2) is 4.98 Å². The van der Waals surface area contributed by atoms with Gasteiger partial charge in [-0.3, -0.25) is 0 Å². The summed E-state index contributed by atoms with van der Waals surface area (Å²) in [6, 6.07) is 0.384. The van der Waals surface area contributed by atoms with Crippen LogP contribution in [0.5, 0.6) is 0 Å². The number of aromatic nitrogens is 2. The molecule has 0 radical (unpaired) electrons. The van der Waals surface area contributed by atoms with Crippen LogP contribution in [0.15, 0.2) is 18.7 Å². The highest BCUT2D eigenvalue weighted by atomic mass is 16.5. The highest BCUT2D eigenvalue weighted by Crippen LogP contribution is 2.01. The maximum atomic E-state index is 5.27. The Labute approximate surface area is 98.0 Å². The molecule has 0 bridgehead atoms. The molecule has 16 heavy (non-hydrogen) atoms. The quantitative estimate of drug-likeness (QED) is 0.765. The molecule has 0 aliphatic heterocycles. The Hall–Kier alpha value is -0.870. The number of methoxy groups -OCH3 is 1. The summed E-state index contributed by atoms with van der Waals surface area (Å²) < 4.78 is 7.38. The maximum Gasteiger partial charge on any atom is 0.0946 e. The highest BCUT2D eigenvalue weighted by Gasteiger charge is 2.11. The lowest BCUT2D eigenvalue weighted by atomic mass is 10.1. The van der Waals surface area contributed by atoms with E-state index >= 15 is 0 Å². The number of hydrogen-bond donors (Lipinski definition) is 1. The van der Waals surface area contributed by atoms with E-state index in [1.165, 1.54) is 0 Å². The molecule has 0 aliphatic rings. The molecule has 1 rings (SSSR count). The second-order valence-electron chi connectivity index (χ2n) is 4.50. The van der Waals surface area contributed by atoms with Crippen molar-refractivity contribution in [3.8, 4) is 0 Å². The Balaban J connectivity index is 2.22. The second kappa shape index (κ2) is 6.66. The Morgan fingerprint density at radius 1 is 1.38 bits per heavy atom. The van der Waals surface area contributed by atoms with Gasteiger partial charge in [0.2, 0.25) is 0 Å². The zero-order valence-electron chi connectivity index (χ0n) is 10.7. The Morgan fingerprint density at radius 3 is 2.69 bits per heavy atom. The molecule has 1 aromatic rings. The van der Waals surface area contributed by atoms with Gasteiger partial charge in [-0.15, -0.1) is 0 Å². The molecule has 0 spiro atoms. The molecule has 1 heterocycles. The van der Waals surface area contributed by atoms with Crippen LogP contribution >= 0.6 is 0 Å². The summed E-state index contributed by atoms with van der Waals surface area (Å²) in [6.07, 6.45) is 5.92. The van der Waals surface area contributed by atoms with E-state index in [9.17, 15) is 0 Å². The molecule has 0 amide bonds. The van der Waals surface area contributed by atoms with E-state index in [2.05, 4.69) is 35.6 Å². The molecule has 4 heteroatoms. The molecule has 1 aromatic heterocycles. The van der Waals surface area contributed by atoms with Crippen LogP contribution in [0.4, 0.5) is 0 Å². The predicted molar refractivity (Wildman–Crippen MR) is 65.3 cm³/mol. The van der Waals surface area contributed by atoms with Crippen LogP contribution < -0.4 is 5.32 Å². The number of imidazole rings is 1. The van der Waals surface area contributed by atoms with Crippen molar-refractivity contribution in [2.75, 3.05) is 13.7 Å². The fourth-order valence-corrected chi connectivity index (χ4v) is 1.58. The third-order valence-electron chi connectivity index (χ3n) is 2.95. The van der Waals surface area contributed by atoms with Gasteiger partial charge in [0, 0.05) is 32.1 Å². The lowest BCUT2D eigenvalue weighted by molar-refractivity contribution is 0.0872. The first-order valence-electron chi connectivity index (χ1n) is 5.85. The van der Waals surface area contributed by atoms with Gasteiger partial charge in [0.05, 0.1) is 12.4 Å². The van der Waals surface area contributed by atoms with Crippen LogP contribution in [0, 0.1) is 5.92 Å². The van der Waals surface area contributed by atoms with Crippen LogP contribution in [-0.4, -0.2) is 35.4 Å². The predicted octanol–water partition coefficient (Wildman–Crippen LogP) is 1.53. The molecule has 0 fully saturated rings. The van der Waals surface area contributed by atoms with Gasteiger partial charge in [-0.2, -0.15) is 0 Å². The van der Waals surface area contributed by atoms with Crippen LogP contribution in [-0.2, 0) is 11.3 Å². The molecule has 0 aromatic carbocycles. The van der Waals surface area contributed by atoms with Gasteiger partial charge in [-0.05, 0) is 26.3 Å². The summed E-state index contributed by atoms with van der Waals surface area (Å²) in [4.78, 5) is 4.03. The van der Waals surface area contributed by atoms with Gasteiger partial charge in [0.25, 0.3) is 0 Å². The lowest BCUT2D eigenvalue weighted by Crippen LogP contribution is -2.39. The zero-order chi connectivity index (χ0) is 12.0. The molecule has 3 atom stereocenters. The SMILES string of the molecule is COC(C)C(C)NCC(C)Cn1ccnc1. The van der Waals surface area contributed by atoms with E-state index in [1.807, 2.05) is 18.7 Å². The van der Waals surface area contributed by atoms with Crippen LogP contribution in [0.3, 0.4) is 0 Å². The third kappa shape index (κ3) is 4.33. The van der Waals surface area contributed by atoms with E-state index in [0.29, 0.717) is 12.0 Å². The highest BCUT2D eigenvalue weighted by molar-refractivity contribution is 4.76. The van der Waals surface area contributed by atoms with Gasteiger partial charge in [-0.1, -0.05) is 6.92 Å². The fraction of sp³-hybridized carbons (Fsp3) is 0.750. The molecule has 92 valence electrons. The summed E-state index contributed by atoms with van der Waals surface area (Å²) in [5.74, 6) is 0.584. The van der Waals surface area contributed by atoms with Gasteiger partial charge >= 0.3 is 0 Å². The van der Waals surface area contributed by atoms with E-state index < -0.39 is 0 Å². The van der Waals surface area contributed by atoms with E-state index in [1.54, 1.807) is 7.11 Å². The topological polar surface area (TPSA) is 39.1 Å². The first kappa shape index (κ1) is 13.2. The molecule has 4 nitrogen and oxygen atoms in total. The molecular formula is C12H23N3O. The van der Waals surface area contributed by atoms with Crippen LogP contribution in [0.1, 0.15) is 20.8 Å². The molecule has 0 saturated heterocycles. The Bertz CT molecular complexity index is 274. The molecule has 1 N–H and O–H groups in total. The third-order valence-corrected chi connectivity index (χ3v) is 2.95. The first-order valence-corrected chi connectivity index (χ1v) is 5.85. The van der Waals surface area contributed by atoms with Crippen molar-refractivity contribution >= 4 is 0 Å². The first-order chi connectivity index (χ1) is 7.63. The van der Waals surface area contributed by atoms with Gasteiger partial charge in [0.15, 0.2) is 0 Å². The summed E-state index contributed by atoms with van der Waals surface area (Å²) in [5, 5.41) is 3.49. The lowest BCUT2D eigenvalue weighted by Gasteiger charge is -2.22. The summed E-state index contributed by atoms with van der Waals surface area (Å²) >= 11 is 0. The minimum atomic E-state index is 0.250. The normalized spacial score (nSPS) is 17.0. The van der Waals surface area contributed by atoms with Crippen molar-refractivity contribution in [1.29, 1.82) is 0 Å². The molecular weight excluding hydrogens is 202 g/mol. The Kier molecular flexibility index (Phi) is 5.49. The maximum absolute atomic E-state index is 5.27. The standard InChI is InChI=1S/C12H23N3O/c1-10(8-15-6-5-13-9-15)7-14-11(2)12(3)16-4/h5-6,9-12,14H,7-8H2,1-4H3. The summed E-state index contributed by atoms with van der Waals surface area (Å²) in [5.41, 5.74) is 0. The molecule has 3 unspecified atom stereocenters. The number of hydrogen-bond acceptors (Lipinski definition) is 3. The largest absolute Gasteiger partial charge is 0.380 e. The number of nitrogens with one attached hydrogen (secondary N) is 1. The molecule has 0 aliphatic carbocycles. The average molecular weight is 225 g/mol. The number of ether oxygens (including phenoxy) is 1. The van der Waals surface area contributed by atoms with Crippen molar-refractivity contribution in [3.63, 3.8) is 0 Å². The van der Waals surface area contributed by atoms with Gasteiger partial charge < -0.3 is 14.6 Å². The minimum Gasteiger partial charge on any atom is -0.380 e. The van der Waals surface area contributed by atoms with Crippen molar-refractivity contribution in [2.24, 2.45) is 5.92 Å². The van der Waals surface area contributed by atoms with E-state index in [4.69, 9.17) is 4.74 Å². The zero-order valence-corrected chi connectivity index (χ0v) is 10.7. The second-order valence-corrected chi connectivity index (χ2v) is 4.50. The summed E-state index contributed by atoms with van der Waals surface area (Å²) in [6.45, 7) is 8.46. The molecule has 0 saturated carbocycles.